The van der Waals surface area contributed by atoms with E-state index in [0.717, 1.165) is 16.8 Å². The van der Waals surface area contributed by atoms with Gasteiger partial charge >= 0.3 is 0 Å². The Balaban J connectivity index is 0.00000145. The molecule has 0 spiro atoms. The van der Waals surface area contributed by atoms with E-state index in [9.17, 15) is 9.59 Å². The first-order chi connectivity index (χ1) is 13.8. The molecule has 0 saturated heterocycles. The third kappa shape index (κ3) is 5.31. The fourth-order valence-corrected chi connectivity index (χ4v) is 2.79. The van der Waals surface area contributed by atoms with E-state index in [1.165, 1.54) is 0 Å². The summed E-state index contributed by atoms with van der Waals surface area (Å²) in [6.45, 7) is 13.9. The van der Waals surface area contributed by atoms with Crippen LogP contribution in [0.4, 0.5) is 0 Å². The second-order valence-electron chi connectivity index (χ2n) is 7.31. The Kier molecular flexibility index (Phi) is 6.93. The summed E-state index contributed by atoms with van der Waals surface area (Å²) >= 11 is 0. The maximum atomic E-state index is 12.5. The normalized spacial score (nSPS) is 12.4. The van der Waals surface area contributed by atoms with Gasteiger partial charge in [0.2, 0.25) is 0 Å². The van der Waals surface area contributed by atoms with Crippen LogP contribution in [0, 0.1) is 0 Å². The lowest BCUT2D eigenvalue weighted by Gasteiger charge is -2.16. The number of aromatic amines is 3. The van der Waals surface area contributed by atoms with Crippen LogP contribution in [-0.4, -0.2) is 19.9 Å². The van der Waals surface area contributed by atoms with E-state index >= 15 is 0 Å². The highest BCUT2D eigenvalue weighted by atomic mass is 16.1. The van der Waals surface area contributed by atoms with Gasteiger partial charge in [-0.1, -0.05) is 65.5 Å². The molecule has 29 heavy (non-hydrogen) atoms. The van der Waals surface area contributed by atoms with Crippen LogP contribution in [-0.2, 0) is 5.41 Å². The first-order valence-corrected chi connectivity index (χ1v) is 9.60. The van der Waals surface area contributed by atoms with Crippen molar-refractivity contribution in [1.82, 2.24) is 19.9 Å². The van der Waals surface area contributed by atoms with E-state index < -0.39 is 0 Å². The van der Waals surface area contributed by atoms with Gasteiger partial charge in [-0.25, -0.2) is 4.98 Å². The van der Waals surface area contributed by atoms with Crippen LogP contribution >= 0.6 is 0 Å². The second kappa shape index (κ2) is 9.19. The summed E-state index contributed by atoms with van der Waals surface area (Å²) < 4.78 is 0. The molecule has 0 aliphatic rings. The van der Waals surface area contributed by atoms with Gasteiger partial charge in [0, 0.05) is 11.1 Å². The number of H-pyrrole nitrogens is 3. The van der Waals surface area contributed by atoms with E-state index in [-0.39, 0.29) is 27.2 Å². The van der Waals surface area contributed by atoms with Gasteiger partial charge in [-0.15, -0.1) is 0 Å². The van der Waals surface area contributed by atoms with Crippen LogP contribution < -0.4 is 21.8 Å². The smallest absolute Gasteiger partial charge is 0.272 e. The Hall–Kier alpha value is -3.41. The molecule has 0 atom stereocenters. The molecule has 6 heteroatoms. The monoisotopic (exact) mass is 392 g/mol. The Bertz CT molecular complexity index is 1220. The van der Waals surface area contributed by atoms with Crippen molar-refractivity contribution in [1.29, 1.82) is 0 Å². The van der Waals surface area contributed by atoms with Crippen LogP contribution in [0.3, 0.4) is 0 Å². The molecule has 0 aliphatic heterocycles. The van der Waals surface area contributed by atoms with Crippen LogP contribution in [0.5, 0.6) is 0 Å². The van der Waals surface area contributed by atoms with Crippen molar-refractivity contribution >= 4 is 18.2 Å². The zero-order chi connectivity index (χ0) is 21.6. The molecule has 152 valence electrons. The summed E-state index contributed by atoms with van der Waals surface area (Å²) in [7, 11) is 0. The molecule has 0 saturated carbocycles. The van der Waals surface area contributed by atoms with E-state index in [1.807, 2.05) is 58.9 Å². The van der Waals surface area contributed by atoms with Gasteiger partial charge in [0.05, 0.1) is 12.0 Å². The van der Waals surface area contributed by atoms with Crippen molar-refractivity contribution in [2.45, 2.75) is 40.0 Å². The number of benzene rings is 1. The molecule has 3 aromatic rings. The molecule has 0 amide bonds. The fourth-order valence-electron chi connectivity index (χ4n) is 2.79. The maximum absolute atomic E-state index is 12.5. The topological polar surface area (TPSA) is 94.4 Å². The zero-order valence-electron chi connectivity index (χ0n) is 17.6. The van der Waals surface area contributed by atoms with E-state index in [4.69, 9.17) is 0 Å². The van der Waals surface area contributed by atoms with Crippen molar-refractivity contribution < 1.29 is 0 Å². The lowest BCUT2D eigenvalue weighted by Crippen LogP contribution is -2.46. The molecule has 1 aromatic carbocycles. The molecule has 2 heterocycles. The number of hydrogen-bond donors (Lipinski definition) is 3. The van der Waals surface area contributed by atoms with E-state index in [1.54, 1.807) is 24.6 Å². The average Bonchev–Trinajstić information content (AvgIpc) is 3.16. The zero-order valence-corrected chi connectivity index (χ0v) is 17.6. The van der Waals surface area contributed by atoms with Crippen molar-refractivity contribution in [3.8, 4) is 0 Å². The van der Waals surface area contributed by atoms with Crippen molar-refractivity contribution in [3.63, 3.8) is 0 Å². The third-order valence-corrected chi connectivity index (χ3v) is 4.14. The number of nitrogens with one attached hydrogen (secondary N) is 3. The molecule has 0 bridgehead atoms. The quantitative estimate of drug-likeness (QED) is 0.639. The maximum Gasteiger partial charge on any atom is 0.272 e. The molecule has 6 nitrogen and oxygen atoms in total. The summed E-state index contributed by atoms with van der Waals surface area (Å²) in [4.78, 5) is 37.5. The number of hydrogen-bond acceptors (Lipinski definition) is 3. The third-order valence-electron chi connectivity index (χ3n) is 4.14. The molecule has 0 radical (unpaired) electrons. The van der Waals surface area contributed by atoms with Gasteiger partial charge in [-0.2, -0.15) is 0 Å². The summed E-state index contributed by atoms with van der Waals surface area (Å²) in [5.74, 6) is 0. The SMILES string of the molecule is C=Cc1cccc(/C=c2\[nH]c(=O)/c(=C/c3nc[nH]c3C(C)(C)C)[nH]c2=O)c1.CC. The van der Waals surface area contributed by atoms with Gasteiger partial charge < -0.3 is 15.0 Å². The van der Waals surface area contributed by atoms with Crippen molar-refractivity contribution in [3.05, 3.63) is 91.1 Å². The summed E-state index contributed by atoms with van der Waals surface area (Å²) in [6.07, 6.45) is 6.51. The van der Waals surface area contributed by atoms with E-state index in [2.05, 4.69) is 26.5 Å². The number of rotatable bonds is 3. The number of aromatic nitrogens is 4. The van der Waals surface area contributed by atoms with Crippen molar-refractivity contribution in [2.24, 2.45) is 0 Å². The minimum absolute atomic E-state index is 0.162. The minimum atomic E-state index is -0.386. The second-order valence-corrected chi connectivity index (χ2v) is 7.31. The average molecular weight is 393 g/mol. The highest BCUT2D eigenvalue weighted by Crippen LogP contribution is 2.22. The van der Waals surface area contributed by atoms with Gasteiger partial charge in [-0.3, -0.25) is 9.59 Å². The first-order valence-electron chi connectivity index (χ1n) is 9.60. The van der Waals surface area contributed by atoms with Crippen molar-refractivity contribution in [2.75, 3.05) is 0 Å². The highest BCUT2D eigenvalue weighted by Gasteiger charge is 2.19. The van der Waals surface area contributed by atoms with Crippen LogP contribution in [0.15, 0.2) is 46.8 Å². The van der Waals surface area contributed by atoms with Crippen LogP contribution in [0.1, 0.15) is 57.1 Å². The van der Waals surface area contributed by atoms with Gasteiger partial charge in [-0.05, 0) is 29.3 Å². The Morgan fingerprint density at radius 1 is 0.966 bits per heavy atom. The lowest BCUT2D eigenvalue weighted by atomic mass is 9.90. The van der Waals surface area contributed by atoms with Gasteiger partial charge in [0.25, 0.3) is 11.1 Å². The molecule has 0 fully saturated rings. The molecule has 0 aliphatic carbocycles. The van der Waals surface area contributed by atoms with Crippen LogP contribution in [0.25, 0.3) is 18.2 Å². The lowest BCUT2D eigenvalue weighted by molar-refractivity contribution is 0.571. The van der Waals surface area contributed by atoms with Gasteiger partial charge in [0.15, 0.2) is 0 Å². The molecule has 3 rings (SSSR count). The van der Waals surface area contributed by atoms with E-state index in [0.29, 0.717) is 5.69 Å². The Morgan fingerprint density at radius 2 is 1.55 bits per heavy atom. The summed E-state index contributed by atoms with van der Waals surface area (Å²) in [5, 5.41) is 0.353. The molecular formula is C23H28N4O2. The van der Waals surface area contributed by atoms with Crippen LogP contribution in [0.2, 0.25) is 0 Å². The summed E-state index contributed by atoms with van der Waals surface area (Å²) in [5.41, 5.74) is 2.31. The fraction of sp³-hybridized carbons (Fsp3) is 0.261. The largest absolute Gasteiger partial charge is 0.348 e. The number of imidazole rings is 1. The minimum Gasteiger partial charge on any atom is -0.348 e. The molecule has 3 N–H and O–H groups in total. The highest BCUT2D eigenvalue weighted by molar-refractivity contribution is 5.56. The van der Waals surface area contributed by atoms with Gasteiger partial charge in [0.1, 0.15) is 10.7 Å². The first kappa shape index (κ1) is 21.9. The Labute approximate surface area is 169 Å². The number of nitrogens with zero attached hydrogens (tertiary/aromatic N) is 1. The molecule has 0 unspecified atom stereocenters. The summed E-state index contributed by atoms with van der Waals surface area (Å²) in [6, 6.07) is 7.50. The standard InChI is InChI=1S/C21H22N4O2.C2H6/c1-5-13-7-6-8-14(9-13)10-16-19(26)25-17(20(27)24-16)11-15-18(21(2,3)4)23-12-22-15;1-2/h5-12H,1H2,2-4H3,(H,22,23)(H,24,27)(H,25,26);1-2H3/b16-10-,17-11-;. The predicted molar refractivity (Wildman–Crippen MR) is 119 cm³/mol. The molecule has 2 aromatic heterocycles. The molecular weight excluding hydrogens is 364 g/mol. The predicted octanol–water partition coefficient (Wildman–Crippen LogP) is 2.41. The Morgan fingerprint density at radius 3 is 2.14 bits per heavy atom.